The van der Waals surface area contributed by atoms with Crippen LogP contribution in [0.3, 0.4) is 0 Å². The average Bonchev–Trinajstić information content (AvgIpc) is 2.41. The van der Waals surface area contributed by atoms with Gasteiger partial charge in [-0.3, -0.25) is 0 Å². The minimum atomic E-state index is -0.663. The number of nitrogens with zero attached hydrogens (tertiary/aromatic N) is 1. The minimum absolute atomic E-state index is 0.0493. The Labute approximate surface area is 117 Å². The normalized spacial score (nSPS) is 10.0. The molecule has 0 saturated carbocycles. The van der Waals surface area contributed by atoms with Crippen molar-refractivity contribution >= 4 is 15.9 Å². The van der Waals surface area contributed by atoms with Crippen LogP contribution in [0.4, 0.5) is 8.78 Å². The standard InChI is InChI=1S/C14H8BrF2NO/c15-7-10-11(16)2-1-3-13(10)19-14-5-4-9(8-18)6-12(14)17/h1-6H,7H2. The lowest BCUT2D eigenvalue weighted by molar-refractivity contribution is 0.434. The molecule has 0 heterocycles. The molecule has 2 rings (SSSR count). The number of benzene rings is 2. The van der Waals surface area contributed by atoms with E-state index in [-0.39, 0.29) is 22.4 Å². The van der Waals surface area contributed by atoms with Gasteiger partial charge in [-0.25, -0.2) is 8.78 Å². The molecule has 0 amide bonds. The Balaban J connectivity index is 2.37. The number of hydrogen-bond donors (Lipinski definition) is 0. The Morgan fingerprint density at radius 2 is 1.89 bits per heavy atom. The van der Waals surface area contributed by atoms with Crippen LogP contribution in [0.5, 0.6) is 11.5 Å². The molecule has 19 heavy (non-hydrogen) atoms. The fraction of sp³-hybridized carbons (Fsp3) is 0.0714. The van der Waals surface area contributed by atoms with Crippen molar-refractivity contribution in [2.75, 3.05) is 0 Å². The molecule has 0 N–H and O–H groups in total. The molecule has 0 bridgehead atoms. The van der Waals surface area contributed by atoms with Gasteiger partial charge in [0.05, 0.1) is 11.6 Å². The van der Waals surface area contributed by atoms with Gasteiger partial charge in [-0.05, 0) is 30.3 Å². The maximum atomic E-state index is 13.7. The zero-order valence-electron chi connectivity index (χ0n) is 9.66. The topological polar surface area (TPSA) is 33.0 Å². The molecule has 0 saturated heterocycles. The van der Waals surface area contributed by atoms with Gasteiger partial charge >= 0.3 is 0 Å². The SMILES string of the molecule is N#Cc1ccc(Oc2cccc(F)c2CBr)c(F)c1. The van der Waals surface area contributed by atoms with Crippen molar-refractivity contribution in [1.29, 1.82) is 5.26 Å². The summed E-state index contributed by atoms with van der Waals surface area (Å²) in [6.07, 6.45) is 0. The largest absolute Gasteiger partial charge is 0.454 e. The monoisotopic (exact) mass is 323 g/mol. The van der Waals surface area contributed by atoms with E-state index in [2.05, 4.69) is 15.9 Å². The molecule has 5 heteroatoms. The van der Waals surface area contributed by atoms with Crippen LogP contribution in [-0.2, 0) is 5.33 Å². The predicted molar refractivity (Wildman–Crippen MR) is 70.2 cm³/mol. The maximum Gasteiger partial charge on any atom is 0.167 e. The molecule has 0 fully saturated rings. The zero-order valence-corrected chi connectivity index (χ0v) is 11.2. The van der Waals surface area contributed by atoms with E-state index in [4.69, 9.17) is 10.00 Å². The van der Waals surface area contributed by atoms with Gasteiger partial charge in [0.2, 0.25) is 0 Å². The third kappa shape index (κ3) is 2.91. The summed E-state index contributed by atoms with van der Waals surface area (Å²) in [7, 11) is 0. The van der Waals surface area contributed by atoms with E-state index in [9.17, 15) is 8.78 Å². The van der Waals surface area contributed by atoms with Crippen LogP contribution in [-0.4, -0.2) is 0 Å². The molecule has 0 aliphatic carbocycles. The Bertz CT molecular complexity index is 652. The van der Waals surface area contributed by atoms with Crippen LogP contribution in [0.25, 0.3) is 0 Å². The van der Waals surface area contributed by atoms with E-state index in [1.807, 2.05) is 6.07 Å². The molecule has 0 radical (unpaired) electrons. The van der Waals surface area contributed by atoms with Crippen molar-refractivity contribution in [1.82, 2.24) is 0 Å². The molecule has 0 unspecified atom stereocenters. The minimum Gasteiger partial charge on any atom is -0.454 e. The quantitative estimate of drug-likeness (QED) is 0.778. The Morgan fingerprint density at radius 1 is 1.11 bits per heavy atom. The van der Waals surface area contributed by atoms with Gasteiger partial charge in [0.1, 0.15) is 11.6 Å². The first-order valence-electron chi connectivity index (χ1n) is 5.36. The van der Waals surface area contributed by atoms with Crippen molar-refractivity contribution in [3.63, 3.8) is 0 Å². The summed E-state index contributed by atoms with van der Waals surface area (Å²) in [5.41, 5.74) is 0.510. The predicted octanol–water partition coefficient (Wildman–Crippen LogP) is 4.52. The van der Waals surface area contributed by atoms with E-state index >= 15 is 0 Å². The van der Waals surface area contributed by atoms with Crippen LogP contribution >= 0.6 is 15.9 Å². The molecule has 0 aliphatic rings. The third-order valence-corrected chi connectivity index (χ3v) is 3.05. The Kier molecular flexibility index (Phi) is 4.13. The molecule has 0 spiro atoms. The van der Waals surface area contributed by atoms with Gasteiger partial charge in [-0.2, -0.15) is 5.26 Å². The number of hydrogen-bond acceptors (Lipinski definition) is 2. The molecule has 2 aromatic carbocycles. The highest BCUT2D eigenvalue weighted by molar-refractivity contribution is 9.08. The molecule has 96 valence electrons. The maximum absolute atomic E-state index is 13.7. The van der Waals surface area contributed by atoms with Gasteiger partial charge in [-0.15, -0.1) is 0 Å². The van der Waals surface area contributed by atoms with Gasteiger partial charge in [0.25, 0.3) is 0 Å². The lowest BCUT2D eigenvalue weighted by Crippen LogP contribution is -1.95. The first-order chi connectivity index (χ1) is 9.15. The first kappa shape index (κ1) is 13.5. The van der Waals surface area contributed by atoms with Crippen LogP contribution in [0, 0.1) is 23.0 Å². The fourth-order valence-corrected chi connectivity index (χ4v) is 2.08. The van der Waals surface area contributed by atoms with E-state index in [0.29, 0.717) is 5.56 Å². The number of halogens is 3. The lowest BCUT2D eigenvalue weighted by atomic mass is 10.2. The molecule has 2 aromatic rings. The van der Waals surface area contributed by atoms with Crippen molar-refractivity contribution in [2.24, 2.45) is 0 Å². The highest BCUT2D eigenvalue weighted by atomic mass is 79.9. The van der Waals surface area contributed by atoms with Gasteiger partial charge in [0, 0.05) is 10.9 Å². The van der Waals surface area contributed by atoms with E-state index in [1.165, 1.54) is 24.3 Å². The van der Waals surface area contributed by atoms with Crippen molar-refractivity contribution in [3.05, 3.63) is 59.2 Å². The van der Waals surface area contributed by atoms with Crippen molar-refractivity contribution < 1.29 is 13.5 Å². The molecule has 0 aromatic heterocycles. The Morgan fingerprint density at radius 3 is 2.53 bits per heavy atom. The Hall–Kier alpha value is -1.93. The number of nitriles is 1. The lowest BCUT2D eigenvalue weighted by Gasteiger charge is -2.11. The smallest absolute Gasteiger partial charge is 0.167 e. The van der Waals surface area contributed by atoms with Crippen LogP contribution in [0.1, 0.15) is 11.1 Å². The van der Waals surface area contributed by atoms with Crippen LogP contribution < -0.4 is 4.74 Å². The number of rotatable bonds is 3. The fourth-order valence-electron chi connectivity index (χ4n) is 1.54. The number of ether oxygens (including phenoxy) is 1. The second-order valence-electron chi connectivity index (χ2n) is 3.71. The summed E-state index contributed by atoms with van der Waals surface area (Å²) < 4.78 is 32.6. The van der Waals surface area contributed by atoms with E-state index in [0.717, 1.165) is 6.07 Å². The summed E-state index contributed by atoms with van der Waals surface area (Å²) in [4.78, 5) is 0. The molecule has 2 nitrogen and oxygen atoms in total. The summed E-state index contributed by atoms with van der Waals surface area (Å²) >= 11 is 3.16. The first-order valence-corrected chi connectivity index (χ1v) is 6.48. The second-order valence-corrected chi connectivity index (χ2v) is 4.27. The van der Waals surface area contributed by atoms with Crippen LogP contribution in [0.15, 0.2) is 36.4 Å². The summed E-state index contributed by atoms with van der Waals surface area (Å²) in [5.74, 6) is -0.903. The summed E-state index contributed by atoms with van der Waals surface area (Å²) in [6, 6.07) is 10.0. The van der Waals surface area contributed by atoms with Crippen molar-refractivity contribution in [2.45, 2.75) is 5.33 Å². The van der Waals surface area contributed by atoms with E-state index < -0.39 is 11.6 Å². The average molecular weight is 324 g/mol. The van der Waals surface area contributed by atoms with Gasteiger partial charge in [-0.1, -0.05) is 22.0 Å². The van der Waals surface area contributed by atoms with Gasteiger partial charge in [0.15, 0.2) is 11.6 Å². The number of alkyl halides is 1. The van der Waals surface area contributed by atoms with Crippen molar-refractivity contribution in [3.8, 4) is 17.6 Å². The summed E-state index contributed by atoms with van der Waals surface area (Å²) in [6.45, 7) is 0. The van der Waals surface area contributed by atoms with Crippen LogP contribution in [0.2, 0.25) is 0 Å². The second kappa shape index (κ2) is 5.81. The molecule has 0 aliphatic heterocycles. The highest BCUT2D eigenvalue weighted by Crippen LogP contribution is 2.30. The summed E-state index contributed by atoms with van der Waals surface area (Å²) in [5, 5.41) is 8.90. The van der Waals surface area contributed by atoms with E-state index in [1.54, 1.807) is 6.07 Å². The molecular formula is C14H8BrF2NO. The highest BCUT2D eigenvalue weighted by Gasteiger charge is 2.12. The zero-order chi connectivity index (χ0) is 13.8. The molecule has 0 atom stereocenters. The molecular weight excluding hydrogens is 316 g/mol. The third-order valence-electron chi connectivity index (χ3n) is 2.49. The van der Waals surface area contributed by atoms with Gasteiger partial charge < -0.3 is 4.74 Å².